The number of nitrogens with two attached hydrogens (primary N) is 1. The second-order valence-corrected chi connectivity index (χ2v) is 5.27. The van der Waals surface area contributed by atoms with Crippen LogP contribution in [0.4, 0.5) is 0 Å². The maximum Gasteiger partial charge on any atom is 0.0383 e. The molecule has 1 heterocycles. The molecule has 1 aliphatic carbocycles. The molecule has 3 rings (SSSR count). The summed E-state index contributed by atoms with van der Waals surface area (Å²) in [6, 6.07) is 9.45. The predicted octanol–water partition coefficient (Wildman–Crippen LogP) is 2.00. The average Bonchev–Trinajstić information content (AvgIpc) is 2.63. The van der Waals surface area contributed by atoms with Crippen LogP contribution in [0.5, 0.6) is 0 Å². The normalized spacial score (nSPS) is 32.2. The van der Waals surface area contributed by atoms with Gasteiger partial charge in [-0.05, 0) is 55.3 Å². The summed E-state index contributed by atoms with van der Waals surface area (Å²) < 4.78 is 0. The van der Waals surface area contributed by atoms with Crippen molar-refractivity contribution in [2.45, 2.75) is 31.7 Å². The van der Waals surface area contributed by atoms with Gasteiger partial charge in [0, 0.05) is 6.04 Å². The molecule has 16 heavy (non-hydrogen) atoms. The second kappa shape index (κ2) is 3.86. The first-order chi connectivity index (χ1) is 7.86. The zero-order valence-electron chi connectivity index (χ0n) is 9.71. The molecule has 86 valence electrons. The molecule has 2 heteroatoms. The molecule has 1 aliphatic heterocycles. The van der Waals surface area contributed by atoms with Crippen molar-refractivity contribution in [3.8, 4) is 0 Å². The fraction of sp³-hybridized carbons (Fsp3) is 0.571. The summed E-state index contributed by atoms with van der Waals surface area (Å²) in [5.41, 5.74) is 9.29. The van der Waals surface area contributed by atoms with Gasteiger partial charge in [-0.1, -0.05) is 24.3 Å². The van der Waals surface area contributed by atoms with Crippen molar-refractivity contribution >= 4 is 0 Å². The Labute approximate surface area is 97.2 Å². The molecule has 1 fully saturated rings. The number of piperidine rings is 1. The third kappa shape index (κ3) is 1.40. The van der Waals surface area contributed by atoms with Crippen LogP contribution in [0.1, 0.15) is 36.4 Å². The van der Waals surface area contributed by atoms with Crippen LogP contribution in [0.3, 0.4) is 0 Å². The van der Waals surface area contributed by atoms with Gasteiger partial charge in [-0.3, -0.25) is 0 Å². The van der Waals surface area contributed by atoms with Gasteiger partial charge in [0.1, 0.15) is 0 Å². The summed E-state index contributed by atoms with van der Waals surface area (Å²) in [6.07, 6.45) is 5.00. The molecule has 2 nitrogen and oxygen atoms in total. The van der Waals surface area contributed by atoms with Crippen LogP contribution >= 0.6 is 0 Å². The number of nitrogens with one attached hydrogen (secondary N) is 1. The molecule has 0 amide bonds. The molecule has 1 aromatic carbocycles. The van der Waals surface area contributed by atoms with E-state index in [-0.39, 0.29) is 0 Å². The van der Waals surface area contributed by atoms with Crippen molar-refractivity contribution in [3.63, 3.8) is 0 Å². The molecule has 1 aromatic rings. The molecule has 0 radical (unpaired) electrons. The third-order valence-electron chi connectivity index (χ3n) is 4.36. The number of hydrogen-bond donors (Lipinski definition) is 2. The van der Waals surface area contributed by atoms with Crippen LogP contribution in [0.25, 0.3) is 0 Å². The van der Waals surface area contributed by atoms with Gasteiger partial charge in [0.05, 0.1) is 0 Å². The van der Waals surface area contributed by atoms with Crippen LogP contribution in [-0.2, 0) is 6.42 Å². The Bertz CT molecular complexity index is 384. The SMILES string of the molecule is NCCC12CCCNC1c1ccccc1C2. The molecule has 2 atom stereocenters. The van der Waals surface area contributed by atoms with Crippen molar-refractivity contribution < 1.29 is 0 Å². The minimum Gasteiger partial charge on any atom is -0.330 e. The highest BCUT2D eigenvalue weighted by molar-refractivity contribution is 5.38. The number of fused-ring (bicyclic) bond motifs is 3. The Kier molecular flexibility index (Phi) is 2.49. The minimum atomic E-state index is 0.413. The summed E-state index contributed by atoms with van der Waals surface area (Å²) in [6.45, 7) is 1.97. The van der Waals surface area contributed by atoms with Crippen molar-refractivity contribution in [1.29, 1.82) is 0 Å². The second-order valence-electron chi connectivity index (χ2n) is 5.27. The van der Waals surface area contributed by atoms with E-state index in [1.807, 2.05) is 0 Å². The van der Waals surface area contributed by atoms with E-state index in [0.717, 1.165) is 19.5 Å². The van der Waals surface area contributed by atoms with Gasteiger partial charge in [-0.2, -0.15) is 0 Å². The Morgan fingerprint density at radius 3 is 3.12 bits per heavy atom. The fourth-order valence-electron chi connectivity index (χ4n) is 3.68. The molecule has 2 unspecified atom stereocenters. The smallest absolute Gasteiger partial charge is 0.0383 e. The van der Waals surface area contributed by atoms with Gasteiger partial charge in [0.25, 0.3) is 0 Å². The predicted molar refractivity (Wildman–Crippen MR) is 66.2 cm³/mol. The van der Waals surface area contributed by atoms with E-state index in [4.69, 9.17) is 5.73 Å². The largest absolute Gasteiger partial charge is 0.330 e. The van der Waals surface area contributed by atoms with E-state index in [9.17, 15) is 0 Å². The zero-order chi connectivity index (χ0) is 11.0. The van der Waals surface area contributed by atoms with E-state index in [0.29, 0.717) is 11.5 Å². The molecule has 0 bridgehead atoms. The van der Waals surface area contributed by atoms with E-state index in [1.165, 1.54) is 30.4 Å². The molecule has 0 saturated carbocycles. The standard InChI is InChI=1S/C14H20N2/c15-8-7-14-6-3-9-16-13(14)12-5-2-1-4-11(12)10-14/h1-2,4-5,13,16H,3,6-10,15H2. The van der Waals surface area contributed by atoms with Crippen LogP contribution in [0.15, 0.2) is 24.3 Å². The maximum absolute atomic E-state index is 5.82. The van der Waals surface area contributed by atoms with Crippen molar-refractivity contribution in [2.24, 2.45) is 11.1 Å². The van der Waals surface area contributed by atoms with Gasteiger partial charge in [-0.15, -0.1) is 0 Å². The average molecular weight is 216 g/mol. The summed E-state index contributed by atoms with van der Waals surface area (Å²) >= 11 is 0. The number of hydrogen-bond acceptors (Lipinski definition) is 2. The van der Waals surface area contributed by atoms with Gasteiger partial charge >= 0.3 is 0 Å². The number of rotatable bonds is 2. The lowest BCUT2D eigenvalue weighted by Gasteiger charge is -2.40. The molecular weight excluding hydrogens is 196 g/mol. The highest BCUT2D eigenvalue weighted by Crippen LogP contribution is 2.52. The van der Waals surface area contributed by atoms with Crippen LogP contribution < -0.4 is 11.1 Å². The van der Waals surface area contributed by atoms with E-state index in [1.54, 1.807) is 0 Å². The van der Waals surface area contributed by atoms with Gasteiger partial charge in [0.15, 0.2) is 0 Å². The first kappa shape index (κ1) is 10.3. The Morgan fingerprint density at radius 1 is 1.38 bits per heavy atom. The number of benzene rings is 1. The Balaban J connectivity index is 2.00. The molecule has 1 saturated heterocycles. The first-order valence-electron chi connectivity index (χ1n) is 6.37. The van der Waals surface area contributed by atoms with Gasteiger partial charge in [-0.25, -0.2) is 0 Å². The van der Waals surface area contributed by atoms with Crippen molar-refractivity contribution in [3.05, 3.63) is 35.4 Å². The summed E-state index contributed by atoms with van der Waals surface area (Å²) in [5.74, 6) is 0. The Hall–Kier alpha value is -0.860. The topological polar surface area (TPSA) is 38.0 Å². The zero-order valence-corrected chi connectivity index (χ0v) is 9.71. The molecule has 0 spiro atoms. The van der Waals surface area contributed by atoms with Crippen LogP contribution in [0, 0.1) is 5.41 Å². The summed E-state index contributed by atoms with van der Waals surface area (Å²) in [4.78, 5) is 0. The highest BCUT2D eigenvalue weighted by atomic mass is 15.0. The van der Waals surface area contributed by atoms with Crippen molar-refractivity contribution in [1.82, 2.24) is 5.32 Å². The highest BCUT2D eigenvalue weighted by Gasteiger charge is 2.46. The molecular formula is C14H20N2. The molecule has 3 N–H and O–H groups in total. The third-order valence-corrected chi connectivity index (χ3v) is 4.36. The fourth-order valence-corrected chi connectivity index (χ4v) is 3.68. The van der Waals surface area contributed by atoms with E-state index < -0.39 is 0 Å². The minimum absolute atomic E-state index is 0.413. The lowest BCUT2D eigenvalue weighted by atomic mass is 9.72. The van der Waals surface area contributed by atoms with E-state index >= 15 is 0 Å². The quantitative estimate of drug-likeness (QED) is 0.793. The Morgan fingerprint density at radius 2 is 2.25 bits per heavy atom. The lowest BCUT2D eigenvalue weighted by Crippen LogP contribution is -2.42. The van der Waals surface area contributed by atoms with Gasteiger partial charge in [0.2, 0.25) is 0 Å². The lowest BCUT2D eigenvalue weighted by molar-refractivity contribution is 0.142. The monoisotopic (exact) mass is 216 g/mol. The van der Waals surface area contributed by atoms with Crippen molar-refractivity contribution in [2.75, 3.05) is 13.1 Å². The maximum atomic E-state index is 5.82. The summed E-state index contributed by atoms with van der Waals surface area (Å²) in [7, 11) is 0. The first-order valence-corrected chi connectivity index (χ1v) is 6.37. The molecule has 0 aromatic heterocycles. The van der Waals surface area contributed by atoms with E-state index in [2.05, 4.69) is 29.6 Å². The van der Waals surface area contributed by atoms with Gasteiger partial charge < -0.3 is 11.1 Å². The van der Waals surface area contributed by atoms with Crippen LogP contribution in [-0.4, -0.2) is 13.1 Å². The molecule has 2 aliphatic rings. The summed E-state index contributed by atoms with van der Waals surface area (Å²) in [5, 5.41) is 3.71. The van der Waals surface area contributed by atoms with Crippen LogP contribution in [0.2, 0.25) is 0 Å².